The van der Waals surface area contributed by atoms with Gasteiger partial charge in [0.2, 0.25) is 6.04 Å². The van der Waals surface area contributed by atoms with Crippen molar-refractivity contribution in [3.05, 3.63) is 35.9 Å². The summed E-state index contributed by atoms with van der Waals surface area (Å²) in [5, 5.41) is 2.64. The Morgan fingerprint density at radius 1 is 1.00 bits per heavy atom. The number of rotatable bonds is 8. The van der Waals surface area contributed by atoms with Crippen LogP contribution in [0.25, 0.3) is 0 Å². The Morgan fingerprint density at radius 2 is 1.62 bits per heavy atom. The van der Waals surface area contributed by atoms with Crippen LogP contribution in [0.3, 0.4) is 0 Å². The van der Waals surface area contributed by atoms with Gasteiger partial charge in [-0.2, -0.15) is 0 Å². The van der Waals surface area contributed by atoms with E-state index in [1.165, 1.54) is 6.92 Å². The largest absolute Gasteiger partial charge is 0.464 e. The minimum atomic E-state index is -1.41. The second-order valence-electron chi connectivity index (χ2n) is 6.70. The first-order valence-corrected chi connectivity index (χ1v) is 8.50. The molecule has 0 aromatic heterocycles. The fourth-order valence-electron chi connectivity index (χ4n) is 1.99. The molecular formula is C19H27NO6. The van der Waals surface area contributed by atoms with Crippen LogP contribution < -0.4 is 5.32 Å². The highest BCUT2D eigenvalue weighted by molar-refractivity contribution is 6.00. The minimum Gasteiger partial charge on any atom is -0.464 e. The Bertz CT molecular complexity index is 608. The highest BCUT2D eigenvalue weighted by atomic mass is 16.6. The van der Waals surface area contributed by atoms with Crippen molar-refractivity contribution in [3.63, 3.8) is 0 Å². The predicted octanol–water partition coefficient (Wildman–Crippen LogP) is 1.98. The number of carbonyl (C=O) groups is 3. The Labute approximate surface area is 154 Å². The Balaban J connectivity index is 2.70. The maximum absolute atomic E-state index is 12.3. The van der Waals surface area contributed by atoms with Crippen molar-refractivity contribution in [2.24, 2.45) is 0 Å². The van der Waals surface area contributed by atoms with Crippen LogP contribution in [0.2, 0.25) is 0 Å². The maximum atomic E-state index is 12.3. The van der Waals surface area contributed by atoms with E-state index in [1.807, 2.05) is 30.3 Å². The summed E-state index contributed by atoms with van der Waals surface area (Å²) < 4.78 is 15.3. The van der Waals surface area contributed by atoms with Gasteiger partial charge in [0.15, 0.2) is 0 Å². The number of hydrogen-bond donors (Lipinski definition) is 1. The first-order valence-electron chi connectivity index (χ1n) is 8.50. The van der Waals surface area contributed by atoms with Gasteiger partial charge in [-0.05, 0) is 40.2 Å². The second kappa shape index (κ2) is 9.91. The molecule has 0 fully saturated rings. The molecule has 0 amide bonds. The zero-order chi connectivity index (χ0) is 19.7. The zero-order valence-electron chi connectivity index (χ0n) is 15.9. The maximum Gasteiger partial charge on any atom is 0.335 e. The van der Waals surface area contributed by atoms with Gasteiger partial charge in [0.25, 0.3) is 0 Å². The Hall–Kier alpha value is -2.41. The molecule has 0 heterocycles. The first kappa shape index (κ1) is 21.6. The molecule has 1 aromatic rings. The summed E-state index contributed by atoms with van der Waals surface area (Å²) in [5.41, 5.74) is 0.0581. The van der Waals surface area contributed by atoms with Crippen LogP contribution in [0.15, 0.2) is 30.3 Å². The molecule has 144 valence electrons. The molecule has 1 aromatic carbocycles. The Kier molecular flexibility index (Phi) is 8.25. The fraction of sp³-hybridized carbons (Fsp3) is 0.526. The van der Waals surface area contributed by atoms with E-state index < -0.39 is 35.6 Å². The lowest BCUT2D eigenvalue weighted by molar-refractivity contribution is -0.166. The van der Waals surface area contributed by atoms with E-state index in [1.54, 1.807) is 27.7 Å². The van der Waals surface area contributed by atoms with Crippen LogP contribution in [-0.2, 0) is 35.2 Å². The van der Waals surface area contributed by atoms with Gasteiger partial charge in [0, 0.05) is 0 Å². The van der Waals surface area contributed by atoms with Crippen LogP contribution >= 0.6 is 0 Å². The van der Waals surface area contributed by atoms with Gasteiger partial charge >= 0.3 is 17.9 Å². The lowest BCUT2D eigenvalue weighted by Crippen LogP contribution is -2.52. The molecule has 0 aliphatic rings. The summed E-state index contributed by atoms with van der Waals surface area (Å²) >= 11 is 0. The van der Waals surface area contributed by atoms with E-state index in [-0.39, 0.29) is 13.2 Å². The third-order valence-corrected chi connectivity index (χ3v) is 3.16. The van der Waals surface area contributed by atoms with Gasteiger partial charge in [0.1, 0.15) is 18.2 Å². The van der Waals surface area contributed by atoms with Gasteiger partial charge in [-0.1, -0.05) is 30.3 Å². The Morgan fingerprint density at radius 3 is 2.15 bits per heavy atom. The molecule has 26 heavy (non-hydrogen) atoms. The molecule has 2 atom stereocenters. The monoisotopic (exact) mass is 365 g/mol. The fourth-order valence-corrected chi connectivity index (χ4v) is 1.99. The van der Waals surface area contributed by atoms with Crippen molar-refractivity contribution < 1.29 is 28.6 Å². The molecule has 7 nitrogen and oxygen atoms in total. The highest BCUT2D eigenvalue weighted by Crippen LogP contribution is 2.10. The van der Waals surface area contributed by atoms with Crippen LogP contribution in [0, 0.1) is 0 Å². The van der Waals surface area contributed by atoms with Crippen LogP contribution in [0.5, 0.6) is 0 Å². The molecule has 0 saturated carbocycles. The summed E-state index contributed by atoms with van der Waals surface area (Å²) in [7, 11) is 0. The molecule has 0 saturated heterocycles. The minimum absolute atomic E-state index is 0.0994. The standard InChI is InChI=1S/C19H27NO6/c1-6-24-17(22)15(18(23)26-19(3,4)5)20-13(2)16(21)25-12-14-10-8-7-9-11-14/h7-11,13,15,20H,6,12H2,1-5H3. The molecule has 0 radical (unpaired) electrons. The summed E-state index contributed by atoms with van der Waals surface area (Å²) in [6.45, 7) is 8.39. The van der Waals surface area contributed by atoms with E-state index in [2.05, 4.69) is 5.32 Å². The number of carbonyl (C=O) groups excluding carboxylic acids is 3. The van der Waals surface area contributed by atoms with E-state index in [0.29, 0.717) is 0 Å². The summed E-state index contributed by atoms with van der Waals surface area (Å²) in [6.07, 6.45) is 0. The molecule has 1 rings (SSSR count). The average Bonchev–Trinajstić information content (AvgIpc) is 2.56. The predicted molar refractivity (Wildman–Crippen MR) is 95.1 cm³/mol. The number of benzene rings is 1. The van der Waals surface area contributed by atoms with Gasteiger partial charge in [0.05, 0.1) is 6.61 Å². The number of nitrogens with one attached hydrogen (secondary N) is 1. The molecule has 0 aliphatic heterocycles. The molecule has 1 N–H and O–H groups in total. The quantitative estimate of drug-likeness (QED) is 0.428. The average molecular weight is 365 g/mol. The van der Waals surface area contributed by atoms with Crippen molar-refractivity contribution in [2.45, 2.75) is 58.9 Å². The van der Waals surface area contributed by atoms with Gasteiger partial charge in [-0.15, -0.1) is 0 Å². The van der Waals surface area contributed by atoms with Crippen LogP contribution in [0.4, 0.5) is 0 Å². The van der Waals surface area contributed by atoms with E-state index in [9.17, 15) is 14.4 Å². The second-order valence-corrected chi connectivity index (χ2v) is 6.70. The summed E-state index contributed by atoms with van der Waals surface area (Å²) in [4.78, 5) is 36.5. The van der Waals surface area contributed by atoms with Crippen molar-refractivity contribution in [2.75, 3.05) is 6.61 Å². The van der Waals surface area contributed by atoms with E-state index >= 15 is 0 Å². The van der Waals surface area contributed by atoms with Crippen molar-refractivity contribution in [1.82, 2.24) is 5.32 Å². The van der Waals surface area contributed by atoms with Crippen molar-refractivity contribution in [1.29, 1.82) is 0 Å². The summed E-state index contributed by atoms with van der Waals surface area (Å²) in [5.74, 6) is -2.20. The zero-order valence-corrected chi connectivity index (χ0v) is 15.9. The third-order valence-electron chi connectivity index (χ3n) is 3.16. The molecular weight excluding hydrogens is 338 g/mol. The first-order chi connectivity index (χ1) is 12.1. The molecule has 0 spiro atoms. The van der Waals surface area contributed by atoms with Gasteiger partial charge in [-0.3, -0.25) is 10.1 Å². The highest BCUT2D eigenvalue weighted by Gasteiger charge is 2.35. The molecule has 0 bridgehead atoms. The van der Waals surface area contributed by atoms with Crippen molar-refractivity contribution in [3.8, 4) is 0 Å². The summed E-state index contributed by atoms with van der Waals surface area (Å²) in [6, 6.07) is 6.88. The molecule has 7 heteroatoms. The smallest absolute Gasteiger partial charge is 0.335 e. The van der Waals surface area contributed by atoms with Crippen molar-refractivity contribution >= 4 is 17.9 Å². The third kappa shape index (κ3) is 7.65. The van der Waals surface area contributed by atoms with Crippen LogP contribution in [-0.4, -0.2) is 42.2 Å². The normalized spacial score (nSPS) is 13.4. The van der Waals surface area contributed by atoms with E-state index in [0.717, 1.165) is 5.56 Å². The molecule has 0 aliphatic carbocycles. The van der Waals surface area contributed by atoms with Gasteiger partial charge < -0.3 is 14.2 Å². The number of esters is 3. The van der Waals surface area contributed by atoms with Gasteiger partial charge in [-0.25, -0.2) is 9.59 Å². The number of ether oxygens (including phenoxy) is 3. The van der Waals surface area contributed by atoms with E-state index in [4.69, 9.17) is 14.2 Å². The van der Waals surface area contributed by atoms with Crippen LogP contribution in [0.1, 0.15) is 40.2 Å². The molecule has 2 unspecified atom stereocenters. The topological polar surface area (TPSA) is 90.9 Å². The lowest BCUT2D eigenvalue weighted by atomic mass is 10.2. The lowest BCUT2D eigenvalue weighted by Gasteiger charge is -2.25. The number of hydrogen-bond acceptors (Lipinski definition) is 7. The SMILES string of the molecule is CCOC(=O)C(NC(C)C(=O)OCc1ccccc1)C(=O)OC(C)(C)C.